The van der Waals surface area contributed by atoms with Gasteiger partial charge in [-0.05, 0) is 30.7 Å². The lowest BCUT2D eigenvalue weighted by Crippen LogP contribution is -2.48. The zero-order chi connectivity index (χ0) is 13.5. The molecule has 2 aliphatic rings. The molecule has 0 fully saturated rings. The maximum Gasteiger partial charge on any atom is 0.175 e. The Balaban J connectivity index is 2.17. The molecule has 0 radical (unpaired) electrons. The van der Waals surface area contributed by atoms with E-state index in [2.05, 4.69) is 10.5 Å². The molecule has 100 valence electrons. The molecule has 0 spiro atoms. The molecule has 1 unspecified atom stereocenters. The van der Waals surface area contributed by atoms with Gasteiger partial charge >= 0.3 is 0 Å². The zero-order valence-electron chi connectivity index (χ0n) is 10.9. The van der Waals surface area contributed by atoms with Crippen molar-refractivity contribution in [3.05, 3.63) is 46.2 Å². The van der Waals surface area contributed by atoms with Gasteiger partial charge in [-0.15, -0.1) is 0 Å². The maximum atomic E-state index is 6.07. The highest BCUT2D eigenvalue weighted by molar-refractivity contribution is 6.31. The van der Waals surface area contributed by atoms with Gasteiger partial charge in [0.15, 0.2) is 5.60 Å². The Morgan fingerprint density at radius 1 is 1.58 bits per heavy atom. The summed E-state index contributed by atoms with van der Waals surface area (Å²) in [6.45, 7) is 2.30. The van der Waals surface area contributed by atoms with Crippen LogP contribution in [0.1, 0.15) is 18.1 Å². The van der Waals surface area contributed by atoms with Crippen molar-refractivity contribution in [2.75, 3.05) is 13.8 Å². The number of halogens is 1. The lowest BCUT2D eigenvalue weighted by atomic mass is 9.94. The summed E-state index contributed by atoms with van der Waals surface area (Å²) in [4.78, 5) is 0. The van der Waals surface area contributed by atoms with Gasteiger partial charge in [-0.3, -0.25) is 5.43 Å². The number of hydrazone groups is 1. The Morgan fingerprint density at radius 2 is 2.42 bits per heavy atom. The van der Waals surface area contributed by atoms with Crippen molar-refractivity contribution < 1.29 is 9.47 Å². The van der Waals surface area contributed by atoms with Gasteiger partial charge in [-0.25, -0.2) is 0 Å². The Hall–Kier alpha value is -1.52. The molecular weight excluding hydrogens is 264 g/mol. The van der Waals surface area contributed by atoms with E-state index in [-0.39, 0.29) is 0 Å². The number of nitrogens with zero attached hydrogens (tertiary/aromatic N) is 1. The van der Waals surface area contributed by atoms with Gasteiger partial charge in [0.25, 0.3) is 0 Å². The van der Waals surface area contributed by atoms with E-state index >= 15 is 0 Å². The summed E-state index contributed by atoms with van der Waals surface area (Å²) >= 11 is 6.07. The zero-order valence-corrected chi connectivity index (χ0v) is 11.6. The summed E-state index contributed by atoms with van der Waals surface area (Å²) in [7, 11) is 1.66. The minimum atomic E-state index is -0.623. The van der Waals surface area contributed by atoms with Crippen LogP contribution in [-0.4, -0.2) is 25.2 Å². The molecule has 0 bridgehead atoms. The molecule has 1 heterocycles. The summed E-state index contributed by atoms with van der Waals surface area (Å²) in [5.41, 5.74) is 5.32. The maximum absolute atomic E-state index is 6.07. The van der Waals surface area contributed by atoms with E-state index in [0.29, 0.717) is 13.2 Å². The van der Waals surface area contributed by atoms with Crippen molar-refractivity contribution in [3.8, 4) is 0 Å². The van der Waals surface area contributed by atoms with Crippen LogP contribution in [0.5, 0.6) is 0 Å². The number of benzene rings is 1. The topological polar surface area (TPSA) is 42.8 Å². The molecule has 0 saturated carbocycles. The number of hydrogen-bond donors (Lipinski definition) is 1. The van der Waals surface area contributed by atoms with Gasteiger partial charge in [-0.2, -0.15) is 5.10 Å². The molecule has 19 heavy (non-hydrogen) atoms. The Bertz CT molecular complexity index is 583. The van der Waals surface area contributed by atoms with Crippen LogP contribution in [-0.2, 0) is 15.9 Å². The number of methoxy groups -OCH3 is 1. The fourth-order valence-electron chi connectivity index (χ4n) is 2.84. The Labute approximate surface area is 117 Å². The first-order valence-electron chi connectivity index (χ1n) is 6.16. The highest BCUT2D eigenvalue weighted by Crippen LogP contribution is 2.40. The van der Waals surface area contributed by atoms with E-state index in [1.807, 2.05) is 31.2 Å². The number of ether oxygens (including phenoxy) is 2. The van der Waals surface area contributed by atoms with Crippen LogP contribution in [0, 0.1) is 0 Å². The third kappa shape index (κ3) is 1.75. The molecule has 1 aromatic rings. The van der Waals surface area contributed by atoms with Gasteiger partial charge in [0.2, 0.25) is 0 Å². The molecule has 1 aliphatic carbocycles. The van der Waals surface area contributed by atoms with Crippen molar-refractivity contribution in [2.45, 2.75) is 18.9 Å². The van der Waals surface area contributed by atoms with E-state index in [9.17, 15) is 0 Å². The standard InChI is InChI=1S/C14H15ClN2O2/c1-3-12(18-2)14-7-9-6-10(15)4-5-11(9)13(14)17-16-8-19-14/h3-6,16H,7-8H2,1-2H3/b12-3+. The average Bonchev–Trinajstić information content (AvgIpc) is 2.73. The van der Waals surface area contributed by atoms with E-state index < -0.39 is 5.60 Å². The van der Waals surface area contributed by atoms with Gasteiger partial charge in [-0.1, -0.05) is 17.7 Å². The van der Waals surface area contributed by atoms with Gasteiger partial charge in [0.05, 0.1) is 7.11 Å². The third-order valence-electron chi connectivity index (χ3n) is 3.60. The number of hydrogen-bond acceptors (Lipinski definition) is 4. The van der Waals surface area contributed by atoms with Crippen molar-refractivity contribution >= 4 is 17.3 Å². The smallest absolute Gasteiger partial charge is 0.175 e. The number of allylic oxidation sites excluding steroid dienone is 1. The first-order valence-corrected chi connectivity index (χ1v) is 6.53. The average molecular weight is 279 g/mol. The minimum Gasteiger partial charge on any atom is -0.498 e. The molecule has 1 aromatic carbocycles. The fraction of sp³-hybridized carbons (Fsp3) is 0.357. The van der Waals surface area contributed by atoms with Gasteiger partial charge < -0.3 is 9.47 Å². The lowest BCUT2D eigenvalue weighted by Gasteiger charge is -2.34. The van der Waals surface area contributed by atoms with E-state index in [1.165, 1.54) is 0 Å². The number of nitrogens with one attached hydrogen (secondary N) is 1. The molecule has 0 saturated heterocycles. The van der Waals surface area contributed by atoms with Crippen molar-refractivity contribution in [3.63, 3.8) is 0 Å². The molecular formula is C14H15ClN2O2. The van der Waals surface area contributed by atoms with E-state index in [0.717, 1.165) is 27.6 Å². The minimum absolute atomic E-state index is 0.367. The van der Waals surface area contributed by atoms with Crippen LogP contribution in [0.2, 0.25) is 5.02 Å². The van der Waals surface area contributed by atoms with Crippen molar-refractivity contribution in [1.29, 1.82) is 0 Å². The van der Waals surface area contributed by atoms with Crippen LogP contribution in [0.25, 0.3) is 0 Å². The molecule has 5 heteroatoms. The highest BCUT2D eigenvalue weighted by Gasteiger charge is 2.50. The lowest BCUT2D eigenvalue weighted by molar-refractivity contribution is -0.0174. The third-order valence-corrected chi connectivity index (χ3v) is 3.83. The van der Waals surface area contributed by atoms with E-state index in [1.54, 1.807) is 7.11 Å². The molecule has 3 rings (SSSR count). The molecule has 0 amide bonds. The molecule has 0 aromatic heterocycles. The van der Waals surface area contributed by atoms with Crippen LogP contribution in [0.4, 0.5) is 0 Å². The monoisotopic (exact) mass is 278 g/mol. The van der Waals surface area contributed by atoms with Crippen LogP contribution in [0.3, 0.4) is 0 Å². The van der Waals surface area contributed by atoms with Crippen LogP contribution >= 0.6 is 11.6 Å². The first kappa shape index (κ1) is 12.5. The largest absolute Gasteiger partial charge is 0.498 e. The predicted molar refractivity (Wildman–Crippen MR) is 74.3 cm³/mol. The Kier molecular flexibility index (Phi) is 2.99. The fourth-order valence-corrected chi connectivity index (χ4v) is 3.03. The number of rotatable bonds is 2. The van der Waals surface area contributed by atoms with Crippen molar-refractivity contribution in [1.82, 2.24) is 5.43 Å². The second-order valence-electron chi connectivity index (χ2n) is 4.57. The Morgan fingerprint density at radius 3 is 3.16 bits per heavy atom. The SMILES string of the molecule is C/C=C(/OC)C12Cc3cc(Cl)ccc3C1=NNCO2. The second-order valence-corrected chi connectivity index (χ2v) is 5.01. The second kappa shape index (κ2) is 4.54. The quantitative estimate of drug-likeness (QED) is 0.845. The van der Waals surface area contributed by atoms with Gasteiger partial charge in [0.1, 0.15) is 18.2 Å². The van der Waals surface area contributed by atoms with Gasteiger partial charge in [0, 0.05) is 17.0 Å². The summed E-state index contributed by atoms with van der Waals surface area (Å²) < 4.78 is 11.5. The summed E-state index contributed by atoms with van der Waals surface area (Å²) in [5, 5.41) is 5.15. The van der Waals surface area contributed by atoms with Crippen LogP contribution in [0.15, 0.2) is 35.1 Å². The molecule has 1 atom stereocenters. The summed E-state index contributed by atoms with van der Waals surface area (Å²) in [6, 6.07) is 5.82. The van der Waals surface area contributed by atoms with Crippen LogP contribution < -0.4 is 5.43 Å². The predicted octanol–water partition coefficient (Wildman–Crippen LogP) is 2.47. The summed E-state index contributed by atoms with van der Waals surface area (Å²) in [6.07, 6.45) is 2.62. The normalized spacial score (nSPS) is 25.2. The van der Waals surface area contributed by atoms with E-state index in [4.69, 9.17) is 21.1 Å². The summed E-state index contributed by atoms with van der Waals surface area (Å²) in [5.74, 6) is 0.778. The first-order chi connectivity index (χ1) is 9.21. The number of fused-ring (bicyclic) bond motifs is 3. The molecule has 4 nitrogen and oxygen atoms in total. The highest BCUT2D eigenvalue weighted by atomic mass is 35.5. The molecule has 1 N–H and O–H groups in total. The van der Waals surface area contributed by atoms with Crippen molar-refractivity contribution in [2.24, 2.45) is 5.10 Å². The molecule has 1 aliphatic heterocycles.